The van der Waals surface area contributed by atoms with Crippen LogP contribution in [0.5, 0.6) is 0 Å². The molecule has 3 rings (SSSR count). The van der Waals surface area contributed by atoms with E-state index in [2.05, 4.69) is 28.2 Å². The van der Waals surface area contributed by atoms with Crippen molar-refractivity contribution in [1.29, 1.82) is 0 Å². The molecule has 0 saturated heterocycles. The lowest BCUT2D eigenvalue weighted by molar-refractivity contribution is -0.122. The minimum absolute atomic E-state index is 0.105. The van der Waals surface area contributed by atoms with Gasteiger partial charge in [0.05, 0.1) is 0 Å². The Kier molecular flexibility index (Phi) is 5.56. The number of benzene rings is 1. The minimum atomic E-state index is 0.105. The van der Waals surface area contributed by atoms with Crippen LogP contribution in [0.1, 0.15) is 44.1 Å². The lowest BCUT2D eigenvalue weighted by Gasteiger charge is -2.24. The van der Waals surface area contributed by atoms with Gasteiger partial charge in [0.25, 0.3) is 0 Å². The number of carbonyl (C=O) groups is 1. The van der Waals surface area contributed by atoms with E-state index in [1.165, 1.54) is 22.9 Å². The maximum Gasteiger partial charge on any atom is 0.220 e. The second kappa shape index (κ2) is 7.84. The Morgan fingerprint density at radius 1 is 1.25 bits per heavy atom. The predicted octanol–water partition coefficient (Wildman–Crippen LogP) is 3.17. The summed E-state index contributed by atoms with van der Waals surface area (Å²) in [6, 6.07) is 8.45. The number of aliphatic hydroxyl groups is 1. The maximum absolute atomic E-state index is 12.4. The maximum atomic E-state index is 12.4. The van der Waals surface area contributed by atoms with E-state index >= 15 is 0 Å². The number of carbonyl (C=O) groups excluding carboxylic acids is 1. The number of hydrogen-bond donors (Lipinski definition) is 2. The third-order valence-corrected chi connectivity index (χ3v) is 5.34. The van der Waals surface area contributed by atoms with Gasteiger partial charge in [-0.3, -0.25) is 4.79 Å². The molecule has 1 heterocycles. The fourth-order valence-corrected chi connectivity index (χ4v) is 3.94. The summed E-state index contributed by atoms with van der Waals surface area (Å²) in [5.74, 6) is 0.322. The van der Waals surface area contributed by atoms with Crippen LogP contribution in [0.15, 0.2) is 30.5 Å². The van der Waals surface area contributed by atoms with Crippen LogP contribution in [0.25, 0.3) is 10.9 Å². The molecule has 2 unspecified atom stereocenters. The van der Waals surface area contributed by atoms with Crippen LogP contribution in [0.3, 0.4) is 0 Å². The van der Waals surface area contributed by atoms with Crippen LogP contribution in [0.4, 0.5) is 0 Å². The van der Waals surface area contributed by atoms with Crippen LogP contribution in [-0.2, 0) is 18.3 Å². The molecule has 2 atom stereocenters. The molecule has 1 amide bonds. The molecule has 1 aromatic carbocycles. The lowest BCUT2D eigenvalue weighted by Crippen LogP contribution is -2.41. The third-order valence-electron chi connectivity index (χ3n) is 5.34. The van der Waals surface area contributed by atoms with Gasteiger partial charge in [-0.1, -0.05) is 37.5 Å². The van der Waals surface area contributed by atoms with Crippen molar-refractivity contribution < 1.29 is 9.90 Å². The first-order chi connectivity index (χ1) is 11.7. The number of hydrogen-bond acceptors (Lipinski definition) is 2. The Balaban J connectivity index is 1.60. The van der Waals surface area contributed by atoms with Crippen LogP contribution in [0.2, 0.25) is 0 Å². The first kappa shape index (κ1) is 17.0. The molecule has 130 valence electrons. The SMILES string of the molecule is Cn1cc(CCC(=O)NC2CCCCCC2CO)c2ccccc21. The molecule has 0 spiro atoms. The van der Waals surface area contributed by atoms with Crippen molar-refractivity contribution in [3.8, 4) is 0 Å². The standard InChI is InChI=1S/C20H28N2O2/c1-22-13-15(17-8-5-6-10-19(17)22)11-12-20(24)21-18-9-4-2-3-7-16(18)14-23/h5-6,8,10,13,16,18,23H,2-4,7,9,11-12,14H2,1H3,(H,21,24). The number of nitrogens with one attached hydrogen (secondary N) is 1. The molecule has 4 heteroatoms. The average Bonchev–Trinajstić information content (AvgIpc) is 2.77. The molecule has 1 saturated carbocycles. The summed E-state index contributed by atoms with van der Waals surface area (Å²) in [4.78, 5) is 12.4. The molecule has 1 fully saturated rings. The second-order valence-electron chi connectivity index (χ2n) is 7.04. The smallest absolute Gasteiger partial charge is 0.220 e. The number of aryl methyl sites for hydroxylation is 2. The van der Waals surface area contributed by atoms with Gasteiger partial charge in [-0.25, -0.2) is 0 Å². The molecule has 1 aliphatic carbocycles. The van der Waals surface area contributed by atoms with E-state index in [0.717, 1.165) is 32.1 Å². The molecular weight excluding hydrogens is 300 g/mol. The van der Waals surface area contributed by atoms with Gasteiger partial charge in [-0.05, 0) is 30.9 Å². The Hall–Kier alpha value is -1.81. The predicted molar refractivity (Wildman–Crippen MR) is 96.8 cm³/mol. The van der Waals surface area contributed by atoms with Crippen molar-refractivity contribution in [2.45, 2.75) is 51.0 Å². The van der Waals surface area contributed by atoms with E-state index < -0.39 is 0 Å². The summed E-state index contributed by atoms with van der Waals surface area (Å²) in [6.45, 7) is 0.175. The van der Waals surface area contributed by atoms with E-state index in [1.807, 2.05) is 19.2 Å². The van der Waals surface area contributed by atoms with E-state index in [4.69, 9.17) is 0 Å². The zero-order valence-electron chi connectivity index (χ0n) is 14.5. The largest absolute Gasteiger partial charge is 0.396 e. The van der Waals surface area contributed by atoms with Gasteiger partial charge >= 0.3 is 0 Å². The first-order valence-corrected chi connectivity index (χ1v) is 9.12. The van der Waals surface area contributed by atoms with E-state index in [0.29, 0.717) is 6.42 Å². The average molecular weight is 328 g/mol. The van der Waals surface area contributed by atoms with Gasteiger partial charge in [0.2, 0.25) is 5.91 Å². The number of aromatic nitrogens is 1. The molecule has 2 N–H and O–H groups in total. The Morgan fingerprint density at radius 2 is 2.04 bits per heavy atom. The van der Waals surface area contributed by atoms with Gasteiger partial charge in [-0.15, -0.1) is 0 Å². The fourth-order valence-electron chi connectivity index (χ4n) is 3.94. The topological polar surface area (TPSA) is 54.3 Å². The first-order valence-electron chi connectivity index (χ1n) is 9.12. The molecule has 24 heavy (non-hydrogen) atoms. The van der Waals surface area contributed by atoms with E-state index in [9.17, 15) is 9.90 Å². The minimum Gasteiger partial charge on any atom is -0.396 e. The number of rotatable bonds is 5. The van der Waals surface area contributed by atoms with Gasteiger partial charge < -0.3 is 15.0 Å². The summed E-state index contributed by atoms with van der Waals surface area (Å²) in [5, 5.41) is 14.0. The molecule has 2 aromatic rings. The summed E-state index contributed by atoms with van der Waals surface area (Å²) >= 11 is 0. The van der Waals surface area contributed by atoms with Crippen molar-refractivity contribution in [1.82, 2.24) is 9.88 Å². The Bertz CT molecular complexity index is 692. The number of amides is 1. The number of nitrogens with zero attached hydrogens (tertiary/aromatic N) is 1. The Morgan fingerprint density at radius 3 is 2.88 bits per heavy atom. The van der Waals surface area contributed by atoms with Gasteiger partial charge in [0.15, 0.2) is 0 Å². The van der Waals surface area contributed by atoms with E-state index in [1.54, 1.807) is 0 Å². The van der Waals surface area contributed by atoms with Crippen molar-refractivity contribution in [3.05, 3.63) is 36.0 Å². The molecular formula is C20H28N2O2. The number of fused-ring (bicyclic) bond motifs is 1. The summed E-state index contributed by atoms with van der Waals surface area (Å²) in [7, 11) is 2.04. The number of aliphatic hydroxyl groups excluding tert-OH is 1. The summed E-state index contributed by atoms with van der Waals surface area (Å²) in [6.07, 6.45) is 8.90. The highest BCUT2D eigenvalue weighted by Crippen LogP contribution is 2.24. The highest BCUT2D eigenvalue weighted by molar-refractivity contribution is 5.85. The quantitative estimate of drug-likeness (QED) is 0.828. The molecule has 1 aliphatic rings. The summed E-state index contributed by atoms with van der Waals surface area (Å²) in [5.41, 5.74) is 2.43. The van der Waals surface area contributed by atoms with Crippen LogP contribution >= 0.6 is 0 Å². The monoisotopic (exact) mass is 328 g/mol. The van der Waals surface area contributed by atoms with Crippen molar-refractivity contribution in [2.24, 2.45) is 13.0 Å². The molecule has 0 bridgehead atoms. The zero-order chi connectivity index (χ0) is 16.9. The van der Waals surface area contributed by atoms with Crippen LogP contribution in [-0.4, -0.2) is 28.2 Å². The third kappa shape index (κ3) is 3.81. The van der Waals surface area contributed by atoms with E-state index in [-0.39, 0.29) is 24.5 Å². The van der Waals surface area contributed by atoms with Crippen LogP contribution in [0, 0.1) is 5.92 Å². The normalized spacial score (nSPS) is 21.6. The van der Waals surface area contributed by atoms with Crippen LogP contribution < -0.4 is 5.32 Å². The van der Waals surface area contributed by atoms with Crippen molar-refractivity contribution >= 4 is 16.8 Å². The highest BCUT2D eigenvalue weighted by atomic mass is 16.3. The molecule has 0 radical (unpaired) electrons. The zero-order valence-corrected chi connectivity index (χ0v) is 14.5. The van der Waals surface area contributed by atoms with Gasteiger partial charge in [0, 0.05) is 49.1 Å². The van der Waals surface area contributed by atoms with Gasteiger partial charge in [-0.2, -0.15) is 0 Å². The van der Waals surface area contributed by atoms with Gasteiger partial charge in [0.1, 0.15) is 0 Å². The highest BCUT2D eigenvalue weighted by Gasteiger charge is 2.24. The molecule has 1 aromatic heterocycles. The summed E-state index contributed by atoms with van der Waals surface area (Å²) < 4.78 is 2.12. The second-order valence-corrected chi connectivity index (χ2v) is 7.04. The Labute approximate surface area is 143 Å². The molecule has 4 nitrogen and oxygen atoms in total. The fraction of sp³-hybridized carbons (Fsp3) is 0.550. The lowest BCUT2D eigenvalue weighted by atomic mass is 9.95. The molecule has 0 aliphatic heterocycles. The van der Waals surface area contributed by atoms with Crippen molar-refractivity contribution in [3.63, 3.8) is 0 Å². The van der Waals surface area contributed by atoms with Crippen molar-refractivity contribution in [2.75, 3.05) is 6.61 Å². The number of para-hydroxylation sites is 1.